The van der Waals surface area contributed by atoms with Gasteiger partial charge in [-0.3, -0.25) is 0 Å². The lowest BCUT2D eigenvalue weighted by molar-refractivity contribution is 0.576. The van der Waals surface area contributed by atoms with Crippen LogP contribution in [0.25, 0.3) is 0 Å². The van der Waals surface area contributed by atoms with Crippen molar-refractivity contribution < 1.29 is 12.8 Å². The van der Waals surface area contributed by atoms with E-state index in [-0.39, 0.29) is 9.92 Å². The SMILES string of the molecule is C[C@@H](C#N)NS(=O)(=O)c1ccc(F)c(Cl)c1. The zero-order valence-electron chi connectivity index (χ0n) is 8.24. The molecule has 0 unspecified atom stereocenters. The lowest BCUT2D eigenvalue weighted by Gasteiger charge is -2.08. The molecule has 0 bridgehead atoms. The average Bonchev–Trinajstić information content (AvgIpc) is 2.21. The summed E-state index contributed by atoms with van der Waals surface area (Å²) in [6.07, 6.45) is 0. The molecular formula is C9H8ClFN2O2S. The maximum Gasteiger partial charge on any atom is 0.241 e. The highest BCUT2D eigenvalue weighted by atomic mass is 35.5. The number of hydrogen-bond donors (Lipinski definition) is 1. The summed E-state index contributed by atoms with van der Waals surface area (Å²) in [6, 6.07) is 3.87. The summed E-state index contributed by atoms with van der Waals surface area (Å²) in [5.74, 6) is -0.700. The molecule has 16 heavy (non-hydrogen) atoms. The van der Waals surface area contributed by atoms with E-state index in [1.54, 1.807) is 6.07 Å². The number of halogens is 2. The van der Waals surface area contributed by atoms with E-state index in [4.69, 9.17) is 16.9 Å². The third-order valence-electron chi connectivity index (χ3n) is 1.73. The van der Waals surface area contributed by atoms with Gasteiger partial charge in [0.05, 0.1) is 16.0 Å². The van der Waals surface area contributed by atoms with Gasteiger partial charge in [-0.1, -0.05) is 11.6 Å². The average molecular weight is 263 g/mol. The minimum absolute atomic E-state index is 0.180. The summed E-state index contributed by atoms with van der Waals surface area (Å²) in [6.45, 7) is 1.39. The van der Waals surface area contributed by atoms with Crippen LogP contribution in [0.15, 0.2) is 23.1 Å². The Hall–Kier alpha value is -1.16. The molecule has 0 radical (unpaired) electrons. The molecule has 0 aliphatic heterocycles. The summed E-state index contributed by atoms with van der Waals surface area (Å²) < 4.78 is 38.2. The molecule has 0 saturated carbocycles. The second-order valence-electron chi connectivity index (χ2n) is 3.05. The first-order valence-electron chi connectivity index (χ1n) is 4.24. The molecule has 0 aromatic heterocycles. The second kappa shape index (κ2) is 4.78. The molecule has 1 N–H and O–H groups in total. The Morgan fingerprint density at radius 3 is 2.69 bits per heavy atom. The van der Waals surface area contributed by atoms with Gasteiger partial charge < -0.3 is 0 Å². The Morgan fingerprint density at radius 2 is 2.19 bits per heavy atom. The van der Waals surface area contributed by atoms with E-state index in [0.29, 0.717) is 0 Å². The smallest absolute Gasteiger partial charge is 0.207 e. The van der Waals surface area contributed by atoms with Gasteiger partial charge in [-0.05, 0) is 25.1 Å². The van der Waals surface area contributed by atoms with Crippen molar-refractivity contribution in [1.29, 1.82) is 5.26 Å². The van der Waals surface area contributed by atoms with Crippen molar-refractivity contribution in [3.63, 3.8) is 0 Å². The van der Waals surface area contributed by atoms with Gasteiger partial charge in [-0.15, -0.1) is 0 Å². The maximum atomic E-state index is 12.8. The maximum absolute atomic E-state index is 12.8. The van der Waals surface area contributed by atoms with Gasteiger partial charge in [0.25, 0.3) is 0 Å². The number of sulfonamides is 1. The molecule has 0 saturated heterocycles. The van der Waals surface area contributed by atoms with E-state index in [2.05, 4.69) is 4.72 Å². The zero-order valence-corrected chi connectivity index (χ0v) is 9.81. The van der Waals surface area contributed by atoms with Crippen LogP contribution in [0.5, 0.6) is 0 Å². The van der Waals surface area contributed by atoms with Crippen LogP contribution in [0, 0.1) is 17.1 Å². The van der Waals surface area contributed by atoms with Gasteiger partial charge in [0, 0.05) is 0 Å². The van der Waals surface area contributed by atoms with E-state index in [9.17, 15) is 12.8 Å². The van der Waals surface area contributed by atoms with Gasteiger partial charge in [-0.25, -0.2) is 12.8 Å². The van der Waals surface area contributed by atoms with Crippen LogP contribution in [0.1, 0.15) is 6.92 Å². The van der Waals surface area contributed by atoms with Gasteiger partial charge in [0.1, 0.15) is 11.9 Å². The van der Waals surface area contributed by atoms with Crippen molar-refractivity contribution >= 4 is 21.6 Å². The number of nitriles is 1. The topological polar surface area (TPSA) is 70.0 Å². The molecule has 1 aromatic rings. The van der Waals surface area contributed by atoms with Crippen LogP contribution in [-0.4, -0.2) is 14.5 Å². The standard InChI is InChI=1S/C9H8ClFN2O2S/c1-6(5-12)13-16(14,15)7-2-3-9(11)8(10)4-7/h2-4,6,13H,1H3/t6-/m0/s1. The monoisotopic (exact) mass is 262 g/mol. The number of benzene rings is 1. The summed E-state index contributed by atoms with van der Waals surface area (Å²) in [5.41, 5.74) is 0. The molecule has 7 heteroatoms. The van der Waals surface area contributed by atoms with Crippen molar-refractivity contribution in [3.8, 4) is 6.07 Å². The lowest BCUT2D eigenvalue weighted by atomic mass is 10.3. The fraction of sp³-hybridized carbons (Fsp3) is 0.222. The molecule has 0 aliphatic rings. The highest BCUT2D eigenvalue weighted by molar-refractivity contribution is 7.89. The normalized spacial score (nSPS) is 13.1. The first kappa shape index (κ1) is 12.9. The number of nitrogens with zero attached hydrogens (tertiary/aromatic N) is 1. The van der Waals surface area contributed by atoms with Crippen molar-refractivity contribution in [1.82, 2.24) is 4.72 Å². The summed E-state index contributed by atoms with van der Waals surface area (Å²) in [4.78, 5) is -0.180. The molecule has 1 aromatic carbocycles. The summed E-state index contributed by atoms with van der Waals surface area (Å²) in [5, 5.41) is 8.20. The van der Waals surface area contributed by atoms with Gasteiger partial charge in [0.15, 0.2) is 0 Å². The minimum atomic E-state index is -3.83. The molecule has 0 heterocycles. The zero-order chi connectivity index (χ0) is 12.3. The van der Waals surface area contributed by atoms with Crippen molar-refractivity contribution in [2.75, 3.05) is 0 Å². The van der Waals surface area contributed by atoms with Crippen LogP contribution in [0.2, 0.25) is 5.02 Å². The van der Waals surface area contributed by atoms with E-state index < -0.39 is 21.9 Å². The van der Waals surface area contributed by atoms with Gasteiger partial charge in [-0.2, -0.15) is 9.98 Å². The van der Waals surface area contributed by atoms with E-state index >= 15 is 0 Å². The molecule has 1 rings (SSSR count). The van der Waals surface area contributed by atoms with Crippen LogP contribution in [0.3, 0.4) is 0 Å². The molecule has 86 valence electrons. The Balaban J connectivity index is 3.09. The van der Waals surface area contributed by atoms with Crippen molar-refractivity contribution in [3.05, 3.63) is 29.0 Å². The third-order valence-corrected chi connectivity index (χ3v) is 3.55. The fourth-order valence-electron chi connectivity index (χ4n) is 0.971. The first-order valence-corrected chi connectivity index (χ1v) is 6.10. The fourth-order valence-corrected chi connectivity index (χ4v) is 2.39. The Bertz CT molecular complexity index is 539. The van der Waals surface area contributed by atoms with Gasteiger partial charge in [0.2, 0.25) is 10.0 Å². The molecule has 0 spiro atoms. The molecule has 0 amide bonds. The lowest BCUT2D eigenvalue weighted by Crippen LogP contribution is -2.31. The molecular weight excluding hydrogens is 255 g/mol. The number of hydrogen-bond acceptors (Lipinski definition) is 3. The largest absolute Gasteiger partial charge is 0.241 e. The Labute approximate surface area is 97.7 Å². The molecule has 0 aliphatic carbocycles. The first-order chi connectivity index (χ1) is 7.36. The van der Waals surface area contributed by atoms with Crippen molar-refractivity contribution in [2.45, 2.75) is 17.9 Å². The van der Waals surface area contributed by atoms with Crippen LogP contribution in [-0.2, 0) is 10.0 Å². The predicted octanol–water partition coefficient (Wildman–Crippen LogP) is 1.67. The van der Waals surface area contributed by atoms with Crippen LogP contribution >= 0.6 is 11.6 Å². The number of nitrogens with one attached hydrogen (secondary N) is 1. The van der Waals surface area contributed by atoms with Gasteiger partial charge >= 0.3 is 0 Å². The predicted molar refractivity (Wildman–Crippen MR) is 56.8 cm³/mol. The van der Waals surface area contributed by atoms with Crippen LogP contribution in [0.4, 0.5) is 4.39 Å². The third kappa shape index (κ3) is 2.92. The van der Waals surface area contributed by atoms with Crippen LogP contribution < -0.4 is 4.72 Å². The van der Waals surface area contributed by atoms with E-state index in [1.165, 1.54) is 6.92 Å². The Morgan fingerprint density at radius 1 is 1.56 bits per heavy atom. The van der Waals surface area contributed by atoms with Crippen molar-refractivity contribution in [2.24, 2.45) is 0 Å². The molecule has 4 nitrogen and oxygen atoms in total. The highest BCUT2D eigenvalue weighted by Crippen LogP contribution is 2.19. The molecule has 1 atom stereocenters. The van der Waals surface area contributed by atoms with E-state index in [1.807, 2.05) is 0 Å². The van der Waals surface area contributed by atoms with E-state index in [0.717, 1.165) is 18.2 Å². The minimum Gasteiger partial charge on any atom is -0.207 e. The summed E-state index contributed by atoms with van der Waals surface area (Å²) in [7, 11) is -3.83. The second-order valence-corrected chi connectivity index (χ2v) is 5.17. The highest BCUT2D eigenvalue weighted by Gasteiger charge is 2.18. The Kier molecular flexibility index (Phi) is 3.86. The quantitative estimate of drug-likeness (QED) is 0.901. The summed E-state index contributed by atoms with van der Waals surface area (Å²) >= 11 is 5.46. The number of rotatable bonds is 3. The molecule has 0 fully saturated rings.